The SMILES string of the molecule is Cc1cc(NC(=O)C=COc2ccccc2)cc(C)c1C. The number of ether oxygens (including phenoxy) is 1. The smallest absolute Gasteiger partial charge is 0.251 e. The molecule has 1 N–H and O–H groups in total. The molecule has 0 saturated carbocycles. The van der Waals surface area contributed by atoms with Crippen LogP contribution in [-0.2, 0) is 4.79 Å². The van der Waals surface area contributed by atoms with E-state index < -0.39 is 0 Å². The third-order valence-electron chi connectivity index (χ3n) is 3.36. The monoisotopic (exact) mass is 281 g/mol. The largest absolute Gasteiger partial charge is 0.465 e. The molecule has 0 saturated heterocycles. The van der Waals surface area contributed by atoms with Crippen LogP contribution in [0.2, 0.25) is 0 Å². The number of nitrogens with one attached hydrogen (secondary N) is 1. The fourth-order valence-corrected chi connectivity index (χ4v) is 1.97. The average molecular weight is 281 g/mol. The second-order valence-electron chi connectivity index (χ2n) is 4.96. The van der Waals surface area contributed by atoms with Gasteiger partial charge in [0, 0.05) is 11.8 Å². The van der Waals surface area contributed by atoms with Crippen LogP contribution >= 0.6 is 0 Å². The number of aryl methyl sites for hydroxylation is 2. The Hall–Kier alpha value is -2.55. The molecule has 0 radical (unpaired) electrons. The maximum Gasteiger partial charge on any atom is 0.251 e. The molecular weight excluding hydrogens is 262 g/mol. The molecule has 2 rings (SSSR count). The fourth-order valence-electron chi connectivity index (χ4n) is 1.97. The highest BCUT2D eigenvalue weighted by molar-refractivity contribution is 5.99. The van der Waals surface area contributed by atoms with E-state index >= 15 is 0 Å². The number of hydrogen-bond donors (Lipinski definition) is 1. The van der Waals surface area contributed by atoms with Gasteiger partial charge in [0.1, 0.15) is 5.75 Å². The molecule has 108 valence electrons. The zero-order valence-electron chi connectivity index (χ0n) is 12.5. The zero-order valence-corrected chi connectivity index (χ0v) is 12.5. The Kier molecular flexibility index (Phi) is 4.77. The van der Waals surface area contributed by atoms with E-state index in [-0.39, 0.29) is 5.91 Å². The predicted octanol–water partition coefficient (Wildman–Crippen LogP) is 4.14. The molecule has 3 heteroatoms. The molecule has 2 aromatic rings. The van der Waals surface area contributed by atoms with Crippen LogP contribution in [0.3, 0.4) is 0 Å². The lowest BCUT2D eigenvalue weighted by molar-refractivity contribution is -0.112. The highest BCUT2D eigenvalue weighted by Crippen LogP contribution is 2.19. The van der Waals surface area contributed by atoms with Crippen LogP contribution < -0.4 is 10.1 Å². The van der Waals surface area contributed by atoms with Gasteiger partial charge in [-0.15, -0.1) is 0 Å². The molecular formula is C18H19NO2. The van der Waals surface area contributed by atoms with Crippen LogP contribution in [0.15, 0.2) is 54.8 Å². The summed E-state index contributed by atoms with van der Waals surface area (Å²) in [5.41, 5.74) is 4.37. The van der Waals surface area contributed by atoms with Gasteiger partial charge in [-0.1, -0.05) is 18.2 Å². The van der Waals surface area contributed by atoms with E-state index in [1.807, 2.05) is 56.3 Å². The van der Waals surface area contributed by atoms with Gasteiger partial charge in [0.15, 0.2) is 0 Å². The summed E-state index contributed by atoms with van der Waals surface area (Å²) in [4.78, 5) is 11.8. The zero-order chi connectivity index (χ0) is 15.2. The van der Waals surface area contributed by atoms with Crippen LogP contribution in [0.5, 0.6) is 5.75 Å². The molecule has 1 amide bonds. The van der Waals surface area contributed by atoms with Gasteiger partial charge in [-0.3, -0.25) is 4.79 Å². The van der Waals surface area contributed by atoms with E-state index in [0.717, 1.165) is 16.8 Å². The summed E-state index contributed by atoms with van der Waals surface area (Å²) in [6, 6.07) is 13.2. The Morgan fingerprint density at radius 3 is 2.29 bits per heavy atom. The molecule has 0 aliphatic carbocycles. The summed E-state index contributed by atoms with van der Waals surface area (Å²) >= 11 is 0. The maximum absolute atomic E-state index is 11.8. The average Bonchev–Trinajstić information content (AvgIpc) is 2.46. The van der Waals surface area contributed by atoms with Gasteiger partial charge in [0.05, 0.1) is 6.26 Å². The number of benzene rings is 2. The van der Waals surface area contributed by atoms with Crippen molar-refractivity contribution in [3.63, 3.8) is 0 Å². The third kappa shape index (κ3) is 4.21. The summed E-state index contributed by atoms with van der Waals surface area (Å²) in [5.74, 6) is 0.483. The molecule has 0 bridgehead atoms. The van der Waals surface area contributed by atoms with Crippen molar-refractivity contribution in [1.29, 1.82) is 0 Å². The lowest BCUT2D eigenvalue weighted by Gasteiger charge is -2.09. The lowest BCUT2D eigenvalue weighted by atomic mass is 10.0. The number of amides is 1. The van der Waals surface area contributed by atoms with Gasteiger partial charge in [-0.2, -0.15) is 0 Å². The molecule has 0 aliphatic heterocycles. The van der Waals surface area contributed by atoms with Gasteiger partial charge >= 0.3 is 0 Å². The van der Waals surface area contributed by atoms with Gasteiger partial charge in [0.25, 0.3) is 5.91 Å². The quantitative estimate of drug-likeness (QED) is 0.675. The molecule has 0 atom stereocenters. The highest BCUT2D eigenvalue weighted by atomic mass is 16.5. The van der Waals surface area contributed by atoms with E-state index in [1.165, 1.54) is 17.9 Å². The maximum atomic E-state index is 11.8. The number of carbonyl (C=O) groups excluding carboxylic acids is 1. The molecule has 2 aromatic carbocycles. The van der Waals surface area contributed by atoms with E-state index in [1.54, 1.807) is 0 Å². The molecule has 0 unspecified atom stereocenters. The summed E-state index contributed by atoms with van der Waals surface area (Å²) < 4.78 is 5.34. The summed E-state index contributed by atoms with van der Waals surface area (Å²) in [7, 11) is 0. The molecule has 0 aliphatic rings. The number of para-hydroxylation sites is 1. The summed E-state index contributed by atoms with van der Waals surface area (Å²) in [6.07, 6.45) is 2.76. The minimum Gasteiger partial charge on any atom is -0.465 e. The standard InChI is InChI=1S/C18H19NO2/c1-13-11-16(12-14(2)15(13)3)19-18(20)9-10-21-17-7-5-4-6-8-17/h4-12H,1-3H3,(H,19,20). The van der Waals surface area contributed by atoms with Gasteiger partial charge in [-0.25, -0.2) is 0 Å². The second-order valence-corrected chi connectivity index (χ2v) is 4.96. The van der Waals surface area contributed by atoms with Crippen molar-refractivity contribution in [1.82, 2.24) is 0 Å². The minimum atomic E-state index is -0.214. The van der Waals surface area contributed by atoms with Crippen LogP contribution in [0, 0.1) is 20.8 Å². The van der Waals surface area contributed by atoms with Crippen molar-refractivity contribution < 1.29 is 9.53 Å². The molecule has 0 aromatic heterocycles. The van der Waals surface area contributed by atoms with Crippen molar-refractivity contribution in [3.05, 3.63) is 71.5 Å². The first-order valence-corrected chi connectivity index (χ1v) is 6.83. The number of rotatable bonds is 4. The van der Waals surface area contributed by atoms with Crippen LogP contribution in [0.4, 0.5) is 5.69 Å². The van der Waals surface area contributed by atoms with Crippen molar-refractivity contribution >= 4 is 11.6 Å². The van der Waals surface area contributed by atoms with E-state index in [9.17, 15) is 4.79 Å². The summed E-state index contributed by atoms with van der Waals surface area (Å²) in [5, 5.41) is 2.83. The Morgan fingerprint density at radius 1 is 1.05 bits per heavy atom. The topological polar surface area (TPSA) is 38.3 Å². The molecule has 3 nitrogen and oxygen atoms in total. The van der Waals surface area contributed by atoms with Crippen molar-refractivity contribution in [2.24, 2.45) is 0 Å². The lowest BCUT2D eigenvalue weighted by Crippen LogP contribution is -2.09. The van der Waals surface area contributed by atoms with Gasteiger partial charge < -0.3 is 10.1 Å². The van der Waals surface area contributed by atoms with Crippen LogP contribution in [0.25, 0.3) is 0 Å². The van der Waals surface area contributed by atoms with E-state index in [2.05, 4.69) is 12.2 Å². The number of carbonyl (C=O) groups is 1. The van der Waals surface area contributed by atoms with Gasteiger partial charge in [-0.05, 0) is 61.7 Å². The van der Waals surface area contributed by atoms with Crippen molar-refractivity contribution in [2.75, 3.05) is 5.32 Å². The second kappa shape index (κ2) is 6.75. The minimum absolute atomic E-state index is 0.214. The fraction of sp³-hybridized carbons (Fsp3) is 0.167. The van der Waals surface area contributed by atoms with Crippen molar-refractivity contribution in [3.8, 4) is 5.75 Å². The Labute approximate surface area is 125 Å². The predicted molar refractivity (Wildman–Crippen MR) is 85.5 cm³/mol. The Bertz CT molecular complexity index is 637. The summed E-state index contributed by atoms with van der Waals surface area (Å²) in [6.45, 7) is 6.14. The van der Waals surface area contributed by atoms with E-state index in [4.69, 9.17) is 4.74 Å². The Morgan fingerprint density at radius 2 is 1.67 bits per heavy atom. The third-order valence-corrected chi connectivity index (χ3v) is 3.36. The Balaban J connectivity index is 1.96. The first-order valence-electron chi connectivity index (χ1n) is 6.83. The van der Waals surface area contributed by atoms with Crippen LogP contribution in [-0.4, -0.2) is 5.91 Å². The molecule has 0 spiro atoms. The molecule has 0 fully saturated rings. The first-order chi connectivity index (χ1) is 10.1. The molecule has 21 heavy (non-hydrogen) atoms. The number of hydrogen-bond acceptors (Lipinski definition) is 2. The molecule has 0 heterocycles. The van der Waals surface area contributed by atoms with Crippen LogP contribution in [0.1, 0.15) is 16.7 Å². The van der Waals surface area contributed by atoms with Gasteiger partial charge in [0.2, 0.25) is 0 Å². The van der Waals surface area contributed by atoms with E-state index in [0.29, 0.717) is 5.75 Å². The van der Waals surface area contributed by atoms with Crippen molar-refractivity contribution in [2.45, 2.75) is 20.8 Å². The normalized spacial score (nSPS) is 10.6. The number of anilines is 1. The first kappa shape index (κ1) is 14.9. The highest BCUT2D eigenvalue weighted by Gasteiger charge is 2.03.